The summed E-state index contributed by atoms with van der Waals surface area (Å²) in [5.74, 6) is 0. The molecule has 0 atom stereocenters. The Morgan fingerprint density at radius 2 is 0.565 bits per heavy atom. The van der Waals surface area contributed by atoms with Crippen LogP contribution < -0.4 is 0 Å². The molecule has 0 bridgehead atoms. The molecule has 0 heteroatoms. The average molecular weight is 577 g/mol. The number of hydrogen-bond acceptors (Lipinski definition) is 0. The highest BCUT2D eigenvalue weighted by Gasteiger charge is 2.27. The number of allylic oxidation sites excluding steroid dienone is 2. The fourth-order valence-electron chi connectivity index (χ4n) is 10.2. The maximum Gasteiger partial charge on any atom is -0.00107 e. The summed E-state index contributed by atoms with van der Waals surface area (Å²) in [7, 11) is 0. The molecule has 0 N–H and O–H groups in total. The van der Waals surface area contributed by atoms with Crippen LogP contribution in [0.5, 0.6) is 0 Å². The lowest BCUT2D eigenvalue weighted by molar-refractivity contribution is 1.33. The fraction of sp³-hybridized carbons (Fsp3) is 0.0435. The van der Waals surface area contributed by atoms with Crippen molar-refractivity contribution in [1.82, 2.24) is 0 Å². The van der Waals surface area contributed by atoms with Crippen molar-refractivity contribution in [3.8, 4) is 0 Å². The molecule has 0 radical (unpaired) electrons. The minimum atomic E-state index is 0.942. The minimum Gasteiger partial charge on any atom is -0.0795 e. The van der Waals surface area contributed by atoms with E-state index in [1.54, 1.807) is 0 Å². The van der Waals surface area contributed by atoms with E-state index in [0.29, 0.717) is 0 Å². The van der Waals surface area contributed by atoms with Gasteiger partial charge >= 0.3 is 0 Å². The van der Waals surface area contributed by atoms with Crippen molar-refractivity contribution in [1.29, 1.82) is 0 Å². The van der Waals surface area contributed by atoms with Gasteiger partial charge in [0.25, 0.3) is 0 Å². The van der Waals surface area contributed by atoms with Crippen LogP contribution in [0.4, 0.5) is 0 Å². The second-order valence-electron chi connectivity index (χ2n) is 13.8. The van der Waals surface area contributed by atoms with Crippen molar-refractivity contribution in [3.63, 3.8) is 0 Å². The van der Waals surface area contributed by atoms with Crippen LogP contribution in [-0.2, 0) is 12.8 Å². The second-order valence-corrected chi connectivity index (χ2v) is 13.8. The molecule has 2 aliphatic rings. The first kappa shape index (κ1) is 22.7. The van der Waals surface area contributed by atoms with E-state index in [9.17, 15) is 0 Å². The van der Waals surface area contributed by atoms with E-state index in [0.717, 1.165) is 12.8 Å². The maximum atomic E-state index is 2.47. The summed E-state index contributed by atoms with van der Waals surface area (Å²) in [5.41, 5.74) is 5.66. The molecule has 0 spiro atoms. The molecular weight excluding hydrogens is 553 g/mol. The van der Waals surface area contributed by atoms with Gasteiger partial charge in [-0.1, -0.05) is 121 Å². The Bertz CT molecular complexity index is 3040. The van der Waals surface area contributed by atoms with E-state index in [-0.39, 0.29) is 0 Å². The third kappa shape index (κ3) is 2.36. The summed E-state index contributed by atoms with van der Waals surface area (Å²) in [6.45, 7) is 0. The lowest BCUT2D eigenvalue weighted by atomic mass is 9.84. The molecule has 0 aromatic heterocycles. The van der Waals surface area contributed by atoms with E-state index < -0.39 is 0 Å². The van der Waals surface area contributed by atoms with E-state index in [1.807, 2.05) is 0 Å². The molecule has 13 rings (SSSR count). The van der Waals surface area contributed by atoms with Gasteiger partial charge in [-0.25, -0.2) is 0 Å². The van der Waals surface area contributed by atoms with Crippen molar-refractivity contribution >= 4 is 120 Å². The SMILES string of the molecule is C1=Cc2ccc3ccc4ccc5ccc6c7c8c9c(ccc%10ccc%11ccc%12ccc(c%13c(c2c3c4c5c6%13)C1)c7c%12c%11c%109)C=CC8. The van der Waals surface area contributed by atoms with Gasteiger partial charge in [0.05, 0.1) is 0 Å². The zero-order valence-corrected chi connectivity index (χ0v) is 25.0. The molecule has 11 aromatic carbocycles. The molecule has 0 unspecified atom stereocenters. The predicted molar refractivity (Wildman–Crippen MR) is 201 cm³/mol. The molecular formula is C46H24. The Hall–Kier alpha value is -5.72. The molecule has 0 nitrogen and oxygen atoms in total. The van der Waals surface area contributed by atoms with Gasteiger partial charge in [-0.05, 0) is 143 Å². The quantitative estimate of drug-likeness (QED) is 0.124. The first-order valence-electron chi connectivity index (χ1n) is 16.6. The topological polar surface area (TPSA) is 0 Å². The van der Waals surface area contributed by atoms with Crippen LogP contribution in [0.2, 0.25) is 0 Å². The van der Waals surface area contributed by atoms with Gasteiger partial charge in [-0.2, -0.15) is 0 Å². The first-order chi connectivity index (χ1) is 22.8. The number of rotatable bonds is 0. The maximum absolute atomic E-state index is 2.47. The molecule has 0 aliphatic heterocycles. The number of benzene rings is 9. The smallest absolute Gasteiger partial charge is 0.00107 e. The largest absolute Gasteiger partial charge is 0.0795 e. The Labute approximate surface area is 263 Å². The highest BCUT2D eigenvalue weighted by Crippen LogP contribution is 2.53. The number of hydrogen-bond donors (Lipinski definition) is 0. The van der Waals surface area contributed by atoms with E-state index >= 15 is 0 Å². The van der Waals surface area contributed by atoms with Gasteiger partial charge in [0.15, 0.2) is 0 Å². The van der Waals surface area contributed by atoms with Gasteiger partial charge in [-0.15, -0.1) is 0 Å². The van der Waals surface area contributed by atoms with Crippen LogP contribution in [-0.4, -0.2) is 0 Å². The van der Waals surface area contributed by atoms with Crippen LogP contribution >= 0.6 is 0 Å². The van der Waals surface area contributed by atoms with Gasteiger partial charge < -0.3 is 0 Å². The molecule has 0 saturated heterocycles. The standard InChI is InChI=1S/C46H24/c1-3-23-7-9-25-11-13-27-15-17-29-20-22-34-44-32-6-2-4-24-8-10-26-12-14-28-16-18-30-19-21-33(46(44)42(30)40(28)38(26)36(24)32)43-31(5-1)35(23)37(25)39(27)41(29)45(34)43/h1-4,7-22H,5-6H2. The summed E-state index contributed by atoms with van der Waals surface area (Å²) >= 11 is 0. The van der Waals surface area contributed by atoms with Crippen LogP contribution in [0.3, 0.4) is 0 Å². The van der Waals surface area contributed by atoms with Gasteiger partial charge in [0, 0.05) is 0 Å². The van der Waals surface area contributed by atoms with Crippen LogP contribution in [0.25, 0.3) is 120 Å². The van der Waals surface area contributed by atoms with Crippen molar-refractivity contribution in [3.05, 3.63) is 131 Å². The lowest BCUT2D eigenvalue weighted by Gasteiger charge is -2.19. The monoisotopic (exact) mass is 576 g/mol. The minimum absolute atomic E-state index is 0.942. The molecule has 0 fully saturated rings. The normalized spacial score (nSPS) is 14.6. The van der Waals surface area contributed by atoms with Gasteiger partial charge in [0.2, 0.25) is 0 Å². The van der Waals surface area contributed by atoms with E-state index in [1.165, 1.54) is 130 Å². The second kappa shape index (κ2) is 7.39. The Morgan fingerprint density at radius 3 is 0.957 bits per heavy atom. The summed E-state index contributed by atoms with van der Waals surface area (Å²) in [6.07, 6.45) is 11.4. The van der Waals surface area contributed by atoms with Gasteiger partial charge in [0.1, 0.15) is 0 Å². The molecule has 0 saturated carbocycles. The Morgan fingerprint density at radius 1 is 0.261 bits per heavy atom. The Kier molecular flexibility index (Phi) is 3.65. The lowest BCUT2D eigenvalue weighted by Crippen LogP contribution is -1.95. The molecule has 11 aromatic rings. The summed E-state index contributed by atoms with van der Waals surface area (Å²) in [4.78, 5) is 0. The predicted octanol–water partition coefficient (Wildman–Crippen LogP) is 12.7. The van der Waals surface area contributed by atoms with E-state index in [4.69, 9.17) is 0 Å². The zero-order valence-electron chi connectivity index (χ0n) is 25.0. The summed E-state index contributed by atoms with van der Waals surface area (Å²) in [6, 6.07) is 37.9. The van der Waals surface area contributed by atoms with Crippen molar-refractivity contribution in [2.45, 2.75) is 12.8 Å². The third-order valence-electron chi connectivity index (χ3n) is 11.8. The van der Waals surface area contributed by atoms with Gasteiger partial charge in [-0.3, -0.25) is 0 Å². The van der Waals surface area contributed by atoms with Crippen molar-refractivity contribution < 1.29 is 0 Å². The summed E-state index contributed by atoms with van der Waals surface area (Å²) < 4.78 is 0. The third-order valence-corrected chi connectivity index (χ3v) is 11.8. The highest BCUT2D eigenvalue weighted by molar-refractivity contribution is 6.47. The fourth-order valence-corrected chi connectivity index (χ4v) is 10.2. The molecule has 0 heterocycles. The van der Waals surface area contributed by atoms with Crippen LogP contribution in [0.1, 0.15) is 22.3 Å². The molecule has 46 heavy (non-hydrogen) atoms. The average Bonchev–Trinajstić information content (AvgIpc) is 3.34. The first-order valence-corrected chi connectivity index (χ1v) is 16.6. The van der Waals surface area contributed by atoms with Crippen LogP contribution in [0.15, 0.2) is 109 Å². The molecule has 208 valence electrons. The molecule has 2 aliphatic carbocycles. The summed E-state index contributed by atoms with van der Waals surface area (Å²) in [5, 5.41) is 28.1. The van der Waals surface area contributed by atoms with Crippen molar-refractivity contribution in [2.75, 3.05) is 0 Å². The number of fused-ring (bicyclic) bond motifs is 4. The molecule has 0 amide bonds. The van der Waals surface area contributed by atoms with Crippen LogP contribution in [0, 0.1) is 0 Å². The highest BCUT2D eigenvalue weighted by atomic mass is 14.3. The van der Waals surface area contributed by atoms with Crippen molar-refractivity contribution in [2.24, 2.45) is 0 Å². The van der Waals surface area contributed by atoms with E-state index in [2.05, 4.69) is 121 Å². The zero-order chi connectivity index (χ0) is 29.4. The Balaban J connectivity index is 1.51.